The number of rotatable bonds is 0. The number of nitrogens with one attached hydrogen (secondary N) is 1. The third kappa shape index (κ3) is 1.44. The summed E-state index contributed by atoms with van der Waals surface area (Å²) in [5.74, 6) is 0. The van der Waals surface area contributed by atoms with Crippen LogP contribution in [0.1, 0.15) is 11.1 Å². The highest BCUT2D eigenvalue weighted by Crippen LogP contribution is 2.04. The maximum atomic E-state index is 11.0. The summed E-state index contributed by atoms with van der Waals surface area (Å²) in [4.78, 5) is 13.4. The molecule has 0 aliphatic heterocycles. The summed E-state index contributed by atoms with van der Waals surface area (Å²) in [6.07, 6.45) is 0. The number of aromatic amines is 1. The quantitative estimate of drug-likeness (QED) is 0.561. The molecule has 0 unspecified atom stereocenters. The Morgan fingerprint density at radius 2 is 2.36 bits per heavy atom. The van der Waals surface area contributed by atoms with Gasteiger partial charge in [-0.1, -0.05) is 0 Å². The standard InChI is InChI=1S/C7H6N2OS/c1-4-2-6(11)9-7(10)5(4)3-8/h2H,1H3,(H2,9,10,11). The van der Waals surface area contributed by atoms with Gasteiger partial charge in [0.05, 0.1) is 5.03 Å². The Morgan fingerprint density at radius 3 is 2.82 bits per heavy atom. The van der Waals surface area contributed by atoms with E-state index in [1.165, 1.54) is 0 Å². The number of hydrogen-bond donors (Lipinski definition) is 2. The first kappa shape index (κ1) is 7.89. The molecule has 11 heavy (non-hydrogen) atoms. The first-order valence-electron chi connectivity index (χ1n) is 2.98. The van der Waals surface area contributed by atoms with Crippen LogP contribution in [0.15, 0.2) is 15.9 Å². The van der Waals surface area contributed by atoms with Crippen LogP contribution in [0.25, 0.3) is 0 Å². The number of thiol groups is 1. The van der Waals surface area contributed by atoms with Gasteiger partial charge in [-0.05, 0) is 18.6 Å². The van der Waals surface area contributed by atoms with Crippen LogP contribution in [-0.2, 0) is 0 Å². The van der Waals surface area contributed by atoms with Crippen molar-refractivity contribution in [3.63, 3.8) is 0 Å². The first-order valence-corrected chi connectivity index (χ1v) is 3.43. The molecule has 0 aliphatic carbocycles. The normalized spacial score (nSPS) is 9.18. The summed E-state index contributed by atoms with van der Waals surface area (Å²) < 4.78 is 0. The second kappa shape index (κ2) is 2.81. The van der Waals surface area contributed by atoms with Gasteiger partial charge in [-0.2, -0.15) is 5.26 Å². The lowest BCUT2D eigenvalue weighted by molar-refractivity contribution is 1.05. The topological polar surface area (TPSA) is 56.6 Å². The summed E-state index contributed by atoms with van der Waals surface area (Å²) in [6, 6.07) is 3.45. The van der Waals surface area contributed by atoms with Gasteiger partial charge in [0.1, 0.15) is 11.6 Å². The molecule has 0 aromatic carbocycles. The Labute approximate surface area is 69.1 Å². The summed E-state index contributed by atoms with van der Waals surface area (Å²) in [6.45, 7) is 1.70. The molecule has 4 heteroatoms. The number of H-pyrrole nitrogens is 1. The molecule has 1 N–H and O–H groups in total. The van der Waals surface area contributed by atoms with Crippen molar-refractivity contribution in [2.45, 2.75) is 11.9 Å². The number of aromatic nitrogens is 1. The van der Waals surface area contributed by atoms with Crippen molar-refractivity contribution in [1.29, 1.82) is 5.26 Å². The smallest absolute Gasteiger partial charge is 0.266 e. The fraction of sp³-hybridized carbons (Fsp3) is 0.143. The molecule has 3 nitrogen and oxygen atoms in total. The zero-order valence-electron chi connectivity index (χ0n) is 5.88. The van der Waals surface area contributed by atoms with Gasteiger partial charge in [-0.25, -0.2) is 0 Å². The Bertz CT molecular complexity index is 375. The molecule has 0 spiro atoms. The first-order chi connectivity index (χ1) is 5.15. The van der Waals surface area contributed by atoms with Crippen LogP contribution in [0, 0.1) is 18.3 Å². The molecular weight excluding hydrogens is 160 g/mol. The molecule has 56 valence electrons. The van der Waals surface area contributed by atoms with E-state index in [9.17, 15) is 4.79 Å². The van der Waals surface area contributed by atoms with E-state index < -0.39 is 0 Å². The van der Waals surface area contributed by atoms with Gasteiger partial charge < -0.3 is 4.98 Å². The van der Waals surface area contributed by atoms with Gasteiger partial charge in [0, 0.05) is 0 Å². The lowest BCUT2D eigenvalue weighted by Crippen LogP contribution is -2.11. The molecule has 0 atom stereocenters. The predicted molar refractivity (Wildman–Crippen MR) is 43.8 cm³/mol. The van der Waals surface area contributed by atoms with E-state index in [1.807, 2.05) is 6.07 Å². The summed E-state index contributed by atoms with van der Waals surface area (Å²) in [5, 5.41) is 8.97. The van der Waals surface area contributed by atoms with E-state index in [0.29, 0.717) is 10.6 Å². The number of nitrogens with zero attached hydrogens (tertiary/aromatic N) is 1. The minimum absolute atomic E-state index is 0.155. The zero-order chi connectivity index (χ0) is 8.43. The van der Waals surface area contributed by atoms with Gasteiger partial charge in [-0.15, -0.1) is 12.6 Å². The van der Waals surface area contributed by atoms with Crippen molar-refractivity contribution < 1.29 is 0 Å². The van der Waals surface area contributed by atoms with Gasteiger partial charge in [0.2, 0.25) is 0 Å². The van der Waals surface area contributed by atoms with Gasteiger partial charge in [0.25, 0.3) is 5.56 Å². The van der Waals surface area contributed by atoms with Crippen molar-refractivity contribution in [1.82, 2.24) is 4.98 Å². The van der Waals surface area contributed by atoms with Crippen molar-refractivity contribution in [3.05, 3.63) is 27.5 Å². The lowest BCUT2D eigenvalue weighted by Gasteiger charge is -1.95. The largest absolute Gasteiger partial charge is 0.316 e. The van der Waals surface area contributed by atoms with Crippen LogP contribution in [-0.4, -0.2) is 4.98 Å². The van der Waals surface area contributed by atoms with E-state index in [1.54, 1.807) is 13.0 Å². The molecule has 0 aliphatic rings. The predicted octanol–water partition coefficient (Wildman–Crippen LogP) is 0.844. The van der Waals surface area contributed by atoms with Gasteiger partial charge >= 0.3 is 0 Å². The van der Waals surface area contributed by atoms with Crippen molar-refractivity contribution in [2.24, 2.45) is 0 Å². The Balaban J connectivity index is 3.53. The molecule has 0 saturated heterocycles. The average Bonchev–Trinajstić information content (AvgIpc) is 1.85. The van der Waals surface area contributed by atoms with Crippen molar-refractivity contribution >= 4 is 12.6 Å². The highest BCUT2D eigenvalue weighted by Gasteiger charge is 2.02. The van der Waals surface area contributed by atoms with Crippen LogP contribution in [0.5, 0.6) is 0 Å². The number of hydrogen-bond acceptors (Lipinski definition) is 3. The van der Waals surface area contributed by atoms with Crippen molar-refractivity contribution in [2.75, 3.05) is 0 Å². The van der Waals surface area contributed by atoms with Gasteiger partial charge in [-0.3, -0.25) is 4.79 Å². The number of nitriles is 1. The zero-order valence-corrected chi connectivity index (χ0v) is 6.77. The van der Waals surface area contributed by atoms with E-state index >= 15 is 0 Å². The van der Waals surface area contributed by atoms with E-state index in [0.717, 1.165) is 0 Å². The maximum absolute atomic E-state index is 11.0. The number of pyridine rings is 1. The Hall–Kier alpha value is -1.21. The molecule has 1 heterocycles. The summed E-state index contributed by atoms with van der Waals surface area (Å²) in [7, 11) is 0. The minimum atomic E-state index is -0.377. The number of aryl methyl sites for hydroxylation is 1. The van der Waals surface area contributed by atoms with E-state index in [2.05, 4.69) is 17.6 Å². The molecule has 0 saturated carbocycles. The van der Waals surface area contributed by atoms with Crippen LogP contribution >= 0.6 is 12.6 Å². The summed E-state index contributed by atoms with van der Waals surface area (Å²) in [5.41, 5.74) is 0.432. The molecule has 0 amide bonds. The highest BCUT2D eigenvalue weighted by atomic mass is 32.1. The molecule has 1 rings (SSSR count). The molecule has 1 aromatic heterocycles. The Kier molecular flexibility index (Phi) is 2.01. The SMILES string of the molecule is Cc1cc(S)[nH]c(=O)c1C#N. The second-order valence-corrected chi connectivity index (χ2v) is 2.64. The van der Waals surface area contributed by atoms with Crippen LogP contribution in [0.2, 0.25) is 0 Å². The van der Waals surface area contributed by atoms with Gasteiger partial charge in [0.15, 0.2) is 0 Å². The monoisotopic (exact) mass is 166 g/mol. The van der Waals surface area contributed by atoms with Crippen LogP contribution in [0.4, 0.5) is 0 Å². The minimum Gasteiger partial charge on any atom is -0.316 e. The van der Waals surface area contributed by atoms with E-state index in [-0.39, 0.29) is 11.1 Å². The summed E-state index contributed by atoms with van der Waals surface area (Å²) >= 11 is 3.94. The highest BCUT2D eigenvalue weighted by molar-refractivity contribution is 7.80. The average molecular weight is 166 g/mol. The van der Waals surface area contributed by atoms with Crippen LogP contribution in [0.3, 0.4) is 0 Å². The lowest BCUT2D eigenvalue weighted by atomic mass is 10.2. The van der Waals surface area contributed by atoms with E-state index in [4.69, 9.17) is 5.26 Å². The Morgan fingerprint density at radius 1 is 1.73 bits per heavy atom. The third-order valence-electron chi connectivity index (χ3n) is 1.33. The molecule has 0 radical (unpaired) electrons. The molecule has 1 aromatic rings. The molecular formula is C7H6N2OS. The molecule has 0 fully saturated rings. The fourth-order valence-corrected chi connectivity index (χ4v) is 1.11. The molecule has 0 bridgehead atoms. The fourth-order valence-electron chi connectivity index (χ4n) is 0.810. The third-order valence-corrected chi connectivity index (χ3v) is 1.57. The maximum Gasteiger partial charge on any atom is 0.266 e. The van der Waals surface area contributed by atoms with Crippen molar-refractivity contribution in [3.8, 4) is 6.07 Å². The second-order valence-electron chi connectivity index (χ2n) is 2.15. The van der Waals surface area contributed by atoms with Crippen LogP contribution < -0.4 is 5.56 Å².